The second-order valence-electron chi connectivity index (χ2n) is 5.37. The average molecular weight is 245 g/mol. The number of aldehydes is 1. The fourth-order valence-corrected chi connectivity index (χ4v) is 3.15. The molecule has 0 aliphatic carbocycles. The lowest BCUT2D eigenvalue weighted by Gasteiger charge is -2.17. The molecule has 1 fully saturated rings. The van der Waals surface area contributed by atoms with Crippen LogP contribution in [0.2, 0.25) is 0 Å². The highest BCUT2D eigenvalue weighted by atomic mass is 16.5. The molecule has 96 valence electrons. The second-order valence-corrected chi connectivity index (χ2v) is 5.37. The maximum atomic E-state index is 10.6. The molecule has 3 nitrogen and oxygen atoms in total. The first-order valence-corrected chi connectivity index (χ1v) is 6.71. The summed E-state index contributed by atoms with van der Waals surface area (Å²) in [5, 5.41) is 0. The van der Waals surface area contributed by atoms with Crippen molar-refractivity contribution in [3.05, 3.63) is 29.3 Å². The number of carbonyl (C=O) groups excluding carboxylic acids is 1. The molecule has 0 saturated carbocycles. The first-order valence-electron chi connectivity index (χ1n) is 6.71. The first-order chi connectivity index (χ1) is 8.78. The van der Waals surface area contributed by atoms with E-state index >= 15 is 0 Å². The third-order valence-electron chi connectivity index (χ3n) is 4.20. The monoisotopic (exact) mass is 245 g/mol. The molecule has 2 atom stereocenters. The predicted octanol–water partition coefficient (Wildman–Crippen LogP) is 2.00. The maximum absolute atomic E-state index is 10.6. The van der Waals surface area contributed by atoms with Crippen molar-refractivity contribution in [3.63, 3.8) is 0 Å². The second kappa shape index (κ2) is 4.73. The van der Waals surface area contributed by atoms with Crippen molar-refractivity contribution >= 4 is 6.29 Å². The molecular formula is C15H19NO2. The van der Waals surface area contributed by atoms with Crippen LogP contribution >= 0.6 is 0 Å². The van der Waals surface area contributed by atoms with Crippen LogP contribution in [-0.4, -0.2) is 36.9 Å². The Morgan fingerprint density at radius 2 is 2.39 bits per heavy atom. The molecule has 2 aliphatic rings. The fourth-order valence-electron chi connectivity index (χ4n) is 3.15. The normalized spacial score (nSPS) is 26.9. The van der Waals surface area contributed by atoms with Crippen LogP contribution in [0.4, 0.5) is 0 Å². The lowest BCUT2D eigenvalue weighted by Crippen LogP contribution is -2.28. The van der Waals surface area contributed by atoms with E-state index in [0.717, 1.165) is 38.0 Å². The van der Waals surface area contributed by atoms with Crippen molar-refractivity contribution in [3.8, 4) is 5.75 Å². The van der Waals surface area contributed by atoms with E-state index in [4.69, 9.17) is 4.74 Å². The quantitative estimate of drug-likeness (QED) is 0.763. The zero-order valence-electron chi connectivity index (χ0n) is 10.8. The van der Waals surface area contributed by atoms with Crippen molar-refractivity contribution in [2.45, 2.75) is 31.7 Å². The summed E-state index contributed by atoms with van der Waals surface area (Å²) in [5.41, 5.74) is 2.74. The van der Waals surface area contributed by atoms with Gasteiger partial charge >= 0.3 is 0 Å². The van der Waals surface area contributed by atoms with Gasteiger partial charge in [0.1, 0.15) is 12.0 Å². The van der Waals surface area contributed by atoms with Gasteiger partial charge in [-0.15, -0.1) is 0 Å². The van der Waals surface area contributed by atoms with Gasteiger partial charge in [-0.05, 0) is 36.5 Å². The predicted molar refractivity (Wildman–Crippen MR) is 70.1 cm³/mol. The smallest absolute Gasteiger partial charge is 0.133 e. The van der Waals surface area contributed by atoms with Gasteiger partial charge in [0.05, 0.1) is 13.2 Å². The first kappa shape index (κ1) is 11.7. The van der Waals surface area contributed by atoms with Gasteiger partial charge < -0.3 is 9.53 Å². The average Bonchev–Trinajstić information content (AvgIpc) is 2.96. The van der Waals surface area contributed by atoms with E-state index in [9.17, 15) is 4.79 Å². The van der Waals surface area contributed by atoms with Crippen LogP contribution in [0.1, 0.15) is 30.4 Å². The number of hydrogen-bond acceptors (Lipinski definition) is 3. The van der Waals surface area contributed by atoms with Gasteiger partial charge in [-0.3, -0.25) is 4.90 Å². The maximum Gasteiger partial charge on any atom is 0.133 e. The van der Waals surface area contributed by atoms with Gasteiger partial charge in [0.15, 0.2) is 0 Å². The van der Waals surface area contributed by atoms with Gasteiger partial charge in [0.25, 0.3) is 0 Å². The molecular weight excluding hydrogens is 226 g/mol. The Hall–Kier alpha value is -1.35. The standard InChI is InChI=1S/C15H19NO2/c1-11-8-14(10-16(11)5-6-17)12-2-3-15-13(9-12)4-7-18-15/h2-3,6,9,11,14H,4-5,7-8,10H2,1H3. The van der Waals surface area contributed by atoms with E-state index in [1.54, 1.807) is 0 Å². The van der Waals surface area contributed by atoms with E-state index in [0.29, 0.717) is 18.5 Å². The Kier molecular flexibility index (Phi) is 3.08. The largest absolute Gasteiger partial charge is 0.493 e. The number of hydrogen-bond donors (Lipinski definition) is 0. The number of nitrogens with zero attached hydrogens (tertiary/aromatic N) is 1. The Morgan fingerprint density at radius 3 is 3.22 bits per heavy atom. The van der Waals surface area contributed by atoms with Crippen LogP contribution in [0.3, 0.4) is 0 Å². The molecule has 0 N–H and O–H groups in total. The van der Waals surface area contributed by atoms with Crippen LogP contribution in [-0.2, 0) is 11.2 Å². The molecule has 0 bridgehead atoms. The minimum absolute atomic E-state index is 0.504. The molecule has 0 aromatic heterocycles. The third kappa shape index (κ3) is 2.03. The van der Waals surface area contributed by atoms with Crippen LogP contribution in [0, 0.1) is 0 Å². The van der Waals surface area contributed by atoms with E-state index in [1.165, 1.54) is 11.1 Å². The number of rotatable bonds is 3. The summed E-state index contributed by atoms with van der Waals surface area (Å²) in [5.74, 6) is 1.61. The topological polar surface area (TPSA) is 29.5 Å². The Balaban J connectivity index is 1.78. The molecule has 3 heteroatoms. The summed E-state index contributed by atoms with van der Waals surface area (Å²) in [4.78, 5) is 12.9. The van der Waals surface area contributed by atoms with Crippen LogP contribution < -0.4 is 4.74 Å². The van der Waals surface area contributed by atoms with Crippen LogP contribution in [0.25, 0.3) is 0 Å². The number of carbonyl (C=O) groups is 1. The summed E-state index contributed by atoms with van der Waals surface area (Å²) in [6, 6.07) is 7.09. The molecule has 1 saturated heterocycles. The van der Waals surface area contributed by atoms with Gasteiger partial charge in [0, 0.05) is 19.0 Å². The van der Waals surface area contributed by atoms with Crippen molar-refractivity contribution < 1.29 is 9.53 Å². The highest BCUT2D eigenvalue weighted by Gasteiger charge is 2.30. The minimum Gasteiger partial charge on any atom is -0.493 e. The Bertz CT molecular complexity index is 458. The van der Waals surface area contributed by atoms with Gasteiger partial charge in [-0.1, -0.05) is 12.1 Å². The van der Waals surface area contributed by atoms with E-state index in [2.05, 4.69) is 30.0 Å². The lowest BCUT2D eigenvalue weighted by atomic mass is 9.94. The summed E-state index contributed by atoms with van der Waals surface area (Å²) in [6.07, 6.45) is 3.19. The van der Waals surface area contributed by atoms with Gasteiger partial charge in [-0.2, -0.15) is 0 Å². The van der Waals surface area contributed by atoms with Crippen LogP contribution in [0.15, 0.2) is 18.2 Å². The molecule has 0 spiro atoms. The number of fused-ring (bicyclic) bond motifs is 1. The number of ether oxygens (including phenoxy) is 1. The summed E-state index contributed by atoms with van der Waals surface area (Å²) >= 11 is 0. The highest BCUT2D eigenvalue weighted by Crippen LogP contribution is 2.34. The highest BCUT2D eigenvalue weighted by molar-refractivity contribution is 5.52. The van der Waals surface area contributed by atoms with E-state index in [1.807, 2.05) is 0 Å². The SMILES string of the molecule is CC1CC(c2ccc3c(c2)CCO3)CN1CC=O. The molecule has 2 heterocycles. The van der Waals surface area contributed by atoms with Gasteiger partial charge in [0.2, 0.25) is 0 Å². The zero-order valence-corrected chi connectivity index (χ0v) is 10.8. The number of likely N-dealkylation sites (tertiary alicyclic amines) is 1. The van der Waals surface area contributed by atoms with E-state index < -0.39 is 0 Å². The summed E-state index contributed by atoms with van der Waals surface area (Å²) < 4.78 is 5.54. The molecule has 0 radical (unpaired) electrons. The minimum atomic E-state index is 0.504. The molecule has 1 aromatic carbocycles. The molecule has 3 rings (SSSR count). The molecule has 2 unspecified atom stereocenters. The van der Waals surface area contributed by atoms with Crippen molar-refractivity contribution in [2.24, 2.45) is 0 Å². The van der Waals surface area contributed by atoms with Crippen LogP contribution in [0.5, 0.6) is 5.75 Å². The molecule has 1 aromatic rings. The number of benzene rings is 1. The third-order valence-corrected chi connectivity index (χ3v) is 4.20. The summed E-state index contributed by atoms with van der Waals surface area (Å²) in [7, 11) is 0. The fraction of sp³-hybridized carbons (Fsp3) is 0.533. The Labute approximate surface area is 108 Å². The molecule has 2 aliphatic heterocycles. The van der Waals surface area contributed by atoms with E-state index in [-0.39, 0.29) is 0 Å². The zero-order chi connectivity index (χ0) is 12.5. The lowest BCUT2D eigenvalue weighted by molar-refractivity contribution is -0.109. The Morgan fingerprint density at radius 1 is 1.50 bits per heavy atom. The summed E-state index contributed by atoms with van der Waals surface area (Å²) in [6.45, 7) is 4.59. The van der Waals surface area contributed by atoms with Crippen molar-refractivity contribution in [1.29, 1.82) is 0 Å². The molecule has 0 amide bonds. The van der Waals surface area contributed by atoms with Crippen molar-refractivity contribution in [1.82, 2.24) is 4.90 Å². The van der Waals surface area contributed by atoms with Crippen molar-refractivity contribution in [2.75, 3.05) is 19.7 Å². The molecule has 18 heavy (non-hydrogen) atoms. The van der Waals surface area contributed by atoms with Gasteiger partial charge in [-0.25, -0.2) is 0 Å².